The Labute approximate surface area is 167 Å². The summed E-state index contributed by atoms with van der Waals surface area (Å²) in [5.41, 5.74) is 3.09. The standard InChI is InChI=1S/C21H21N5O3/c1-13-5-2-3-6-15(13)19-16-12-25(20(27)18-9-23-29-24-18)10-14(16)11-26(19)21(28)17-7-4-8-22-17/h2-9,14,16,19,22H,10-12H2,1H3/t14-,16-,19+/m0/s1. The van der Waals surface area contributed by atoms with E-state index in [1.807, 2.05) is 23.1 Å². The molecule has 2 aromatic heterocycles. The van der Waals surface area contributed by atoms with Crippen LogP contribution in [0.3, 0.4) is 0 Å². The number of nitrogens with one attached hydrogen (secondary N) is 1. The molecule has 3 aromatic rings. The van der Waals surface area contributed by atoms with Gasteiger partial charge in [0.15, 0.2) is 5.69 Å². The van der Waals surface area contributed by atoms with Gasteiger partial charge in [0.05, 0.1) is 6.04 Å². The first-order chi connectivity index (χ1) is 14.1. The fourth-order valence-corrected chi connectivity index (χ4v) is 4.78. The summed E-state index contributed by atoms with van der Waals surface area (Å²) in [5, 5.41) is 7.21. The van der Waals surface area contributed by atoms with Crippen molar-refractivity contribution < 1.29 is 14.2 Å². The Balaban J connectivity index is 1.47. The topological polar surface area (TPSA) is 95.3 Å². The lowest BCUT2D eigenvalue weighted by Gasteiger charge is -2.30. The minimum absolute atomic E-state index is 0.00349. The van der Waals surface area contributed by atoms with Gasteiger partial charge in [0.25, 0.3) is 11.8 Å². The van der Waals surface area contributed by atoms with E-state index in [2.05, 4.69) is 39.0 Å². The van der Waals surface area contributed by atoms with Gasteiger partial charge in [-0.2, -0.15) is 0 Å². The molecule has 29 heavy (non-hydrogen) atoms. The van der Waals surface area contributed by atoms with Gasteiger partial charge in [-0.15, -0.1) is 0 Å². The first kappa shape index (κ1) is 17.7. The predicted molar refractivity (Wildman–Crippen MR) is 103 cm³/mol. The van der Waals surface area contributed by atoms with E-state index in [0.29, 0.717) is 25.3 Å². The van der Waals surface area contributed by atoms with Crippen molar-refractivity contribution in [2.45, 2.75) is 13.0 Å². The van der Waals surface area contributed by atoms with Crippen LogP contribution in [-0.2, 0) is 0 Å². The van der Waals surface area contributed by atoms with Gasteiger partial charge in [0.1, 0.15) is 11.9 Å². The monoisotopic (exact) mass is 391 g/mol. The van der Waals surface area contributed by atoms with Crippen LogP contribution in [0.15, 0.2) is 53.4 Å². The number of rotatable bonds is 3. The third-order valence-electron chi connectivity index (χ3n) is 6.13. The number of likely N-dealkylation sites (tertiary alicyclic amines) is 2. The molecule has 2 amide bonds. The number of hydrogen-bond acceptors (Lipinski definition) is 5. The number of aromatic amines is 1. The SMILES string of the molecule is Cc1ccccc1[C@@H]1[C@H]2CN(C(=O)c3cnon3)C[C@H]2CN1C(=O)c1ccc[nH]1. The number of benzene rings is 1. The number of H-pyrrole nitrogens is 1. The molecule has 0 saturated carbocycles. The van der Waals surface area contributed by atoms with Gasteiger partial charge in [-0.3, -0.25) is 9.59 Å². The average Bonchev–Trinajstić information content (AvgIpc) is 3.52. The summed E-state index contributed by atoms with van der Waals surface area (Å²) < 4.78 is 4.58. The lowest BCUT2D eigenvalue weighted by molar-refractivity contribution is 0.0669. The number of carbonyl (C=O) groups is 2. The molecular formula is C21H21N5O3. The van der Waals surface area contributed by atoms with Crippen molar-refractivity contribution in [1.29, 1.82) is 0 Å². The number of fused-ring (bicyclic) bond motifs is 1. The Morgan fingerprint density at radius 3 is 2.69 bits per heavy atom. The zero-order valence-corrected chi connectivity index (χ0v) is 16.0. The van der Waals surface area contributed by atoms with Crippen LogP contribution in [0.4, 0.5) is 0 Å². The summed E-state index contributed by atoms with van der Waals surface area (Å²) in [4.78, 5) is 32.7. The van der Waals surface area contributed by atoms with E-state index in [1.165, 1.54) is 6.20 Å². The molecule has 2 saturated heterocycles. The molecule has 3 atom stereocenters. The Kier molecular flexibility index (Phi) is 4.19. The van der Waals surface area contributed by atoms with Crippen LogP contribution in [0.1, 0.15) is 38.1 Å². The summed E-state index contributed by atoms with van der Waals surface area (Å²) in [6, 6.07) is 11.7. The van der Waals surface area contributed by atoms with E-state index in [-0.39, 0.29) is 35.4 Å². The van der Waals surface area contributed by atoms with Gasteiger partial charge < -0.3 is 14.8 Å². The molecule has 1 aromatic carbocycles. The van der Waals surface area contributed by atoms with E-state index in [9.17, 15) is 9.59 Å². The second-order valence-electron chi connectivity index (χ2n) is 7.77. The summed E-state index contributed by atoms with van der Waals surface area (Å²) >= 11 is 0. The van der Waals surface area contributed by atoms with E-state index in [4.69, 9.17) is 0 Å². The van der Waals surface area contributed by atoms with E-state index in [0.717, 1.165) is 11.1 Å². The maximum Gasteiger partial charge on any atom is 0.277 e. The Morgan fingerprint density at radius 2 is 1.97 bits per heavy atom. The van der Waals surface area contributed by atoms with Crippen molar-refractivity contribution in [3.63, 3.8) is 0 Å². The highest BCUT2D eigenvalue weighted by Crippen LogP contribution is 2.46. The number of hydrogen-bond donors (Lipinski definition) is 1. The normalized spacial score (nSPS) is 23.4. The summed E-state index contributed by atoms with van der Waals surface area (Å²) in [5.74, 6) is 0.198. The smallest absolute Gasteiger partial charge is 0.277 e. The molecule has 8 heteroatoms. The number of aryl methyl sites for hydroxylation is 1. The van der Waals surface area contributed by atoms with E-state index < -0.39 is 0 Å². The summed E-state index contributed by atoms with van der Waals surface area (Å²) in [7, 11) is 0. The molecule has 0 radical (unpaired) electrons. The largest absolute Gasteiger partial charge is 0.357 e. The number of carbonyl (C=O) groups excluding carboxylic acids is 2. The fraction of sp³-hybridized carbons (Fsp3) is 0.333. The first-order valence-corrected chi connectivity index (χ1v) is 9.70. The fourth-order valence-electron chi connectivity index (χ4n) is 4.78. The molecule has 1 N–H and O–H groups in total. The molecule has 2 fully saturated rings. The van der Waals surface area contributed by atoms with Gasteiger partial charge in [0, 0.05) is 37.7 Å². The minimum Gasteiger partial charge on any atom is -0.357 e. The lowest BCUT2D eigenvalue weighted by atomic mass is 9.87. The maximum absolute atomic E-state index is 13.2. The number of aromatic nitrogens is 3. The second-order valence-corrected chi connectivity index (χ2v) is 7.77. The lowest BCUT2D eigenvalue weighted by Crippen LogP contribution is -2.37. The van der Waals surface area contributed by atoms with Crippen LogP contribution < -0.4 is 0 Å². The summed E-state index contributed by atoms with van der Waals surface area (Å²) in [6.45, 7) is 3.85. The molecule has 2 aliphatic heterocycles. The third kappa shape index (κ3) is 2.91. The van der Waals surface area contributed by atoms with Crippen molar-refractivity contribution in [3.8, 4) is 0 Å². The molecule has 0 aliphatic carbocycles. The molecule has 4 heterocycles. The van der Waals surface area contributed by atoms with Crippen LogP contribution in [0.2, 0.25) is 0 Å². The van der Waals surface area contributed by atoms with E-state index >= 15 is 0 Å². The molecule has 0 spiro atoms. The Morgan fingerprint density at radius 1 is 1.10 bits per heavy atom. The van der Waals surface area contributed by atoms with Crippen LogP contribution >= 0.6 is 0 Å². The highest BCUT2D eigenvalue weighted by atomic mass is 16.6. The Bertz CT molecular complexity index is 1030. The summed E-state index contributed by atoms with van der Waals surface area (Å²) in [6.07, 6.45) is 3.11. The molecule has 0 bridgehead atoms. The van der Waals surface area contributed by atoms with Crippen molar-refractivity contribution in [2.24, 2.45) is 11.8 Å². The third-order valence-corrected chi connectivity index (χ3v) is 6.13. The molecular weight excluding hydrogens is 370 g/mol. The average molecular weight is 391 g/mol. The van der Waals surface area contributed by atoms with Crippen molar-refractivity contribution >= 4 is 11.8 Å². The zero-order chi connectivity index (χ0) is 20.0. The maximum atomic E-state index is 13.2. The van der Waals surface area contributed by atoms with E-state index in [1.54, 1.807) is 17.2 Å². The highest BCUT2D eigenvalue weighted by molar-refractivity contribution is 5.93. The minimum atomic E-state index is -0.175. The molecule has 148 valence electrons. The van der Waals surface area contributed by atoms with Gasteiger partial charge in [-0.25, -0.2) is 4.63 Å². The molecule has 0 unspecified atom stereocenters. The van der Waals surface area contributed by atoms with Crippen LogP contribution in [0, 0.1) is 18.8 Å². The van der Waals surface area contributed by atoms with Crippen LogP contribution in [0.25, 0.3) is 0 Å². The van der Waals surface area contributed by atoms with Gasteiger partial charge in [-0.05, 0) is 35.3 Å². The number of nitrogens with zero attached hydrogens (tertiary/aromatic N) is 4. The number of amides is 2. The first-order valence-electron chi connectivity index (χ1n) is 9.70. The van der Waals surface area contributed by atoms with Crippen molar-refractivity contribution in [3.05, 3.63) is 71.3 Å². The van der Waals surface area contributed by atoms with Crippen molar-refractivity contribution in [2.75, 3.05) is 19.6 Å². The van der Waals surface area contributed by atoms with Crippen molar-refractivity contribution in [1.82, 2.24) is 25.1 Å². The highest BCUT2D eigenvalue weighted by Gasteiger charge is 2.50. The second kappa shape index (κ2) is 6.88. The van der Waals surface area contributed by atoms with Crippen LogP contribution in [0.5, 0.6) is 0 Å². The van der Waals surface area contributed by atoms with Crippen LogP contribution in [-0.4, -0.2) is 56.5 Å². The molecule has 2 aliphatic rings. The molecule has 5 rings (SSSR count). The van der Waals surface area contributed by atoms with Gasteiger partial charge >= 0.3 is 0 Å². The Hall–Kier alpha value is -3.42. The quantitative estimate of drug-likeness (QED) is 0.739. The van der Waals surface area contributed by atoms with Gasteiger partial charge in [-0.1, -0.05) is 29.4 Å². The zero-order valence-electron chi connectivity index (χ0n) is 16.0. The molecule has 8 nitrogen and oxygen atoms in total. The predicted octanol–water partition coefficient (Wildman–Crippen LogP) is 2.29. The van der Waals surface area contributed by atoms with Gasteiger partial charge in [0.2, 0.25) is 0 Å².